The Morgan fingerprint density at radius 3 is 1.38 bits per heavy atom. The monoisotopic (exact) mass is 1580 g/mol. The van der Waals surface area contributed by atoms with Gasteiger partial charge in [-0.25, -0.2) is 10.2 Å². The highest BCUT2D eigenvalue weighted by atomic mass is 35.5. The van der Waals surface area contributed by atoms with Crippen LogP contribution in [-0.4, -0.2) is 196 Å². The number of hydrogen-bond acceptors (Lipinski definition) is 23. The van der Waals surface area contributed by atoms with Crippen molar-refractivity contribution in [3.05, 3.63) is 154 Å². The molecule has 0 saturated carbocycles. The summed E-state index contributed by atoms with van der Waals surface area (Å²) in [5, 5.41) is 58.4. The van der Waals surface area contributed by atoms with E-state index in [0.29, 0.717) is 75.7 Å². The lowest BCUT2D eigenvalue weighted by atomic mass is 9.99. The second-order valence-electron chi connectivity index (χ2n) is 28.4. The van der Waals surface area contributed by atoms with Gasteiger partial charge >= 0.3 is 0 Å². The maximum absolute atomic E-state index is 15.5. The van der Waals surface area contributed by atoms with Crippen molar-refractivity contribution >= 4 is 117 Å². The summed E-state index contributed by atoms with van der Waals surface area (Å²) >= 11 is 6.25. The Balaban J connectivity index is 1.09. The first-order chi connectivity index (χ1) is 53.9. The number of unbranched alkanes of at least 4 members (excludes halogenated alkanes) is 1. The van der Waals surface area contributed by atoms with Gasteiger partial charge in [0.15, 0.2) is 0 Å². The van der Waals surface area contributed by atoms with Crippen LogP contribution in [0.3, 0.4) is 0 Å². The van der Waals surface area contributed by atoms with Gasteiger partial charge in [0, 0.05) is 86.1 Å². The minimum Gasteiger partial charge on any atom is -0.399 e. The number of primary amides is 1. The van der Waals surface area contributed by atoms with Crippen molar-refractivity contribution in [2.75, 3.05) is 47.5 Å². The number of H-pyrrole nitrogens is 2. The number of carbonyl (C=O) groups excluding carboxylic acids is 11. The number of nitrogens with one attached hydrogen (secondary N) is 14. The summed E-state index contributed by atoms with van der Waals surface area (Å²) < 4.78 is 0. The number of nitrogens with zero attached hydrogens (tertiary/aromatic N) is 6. The van der Waals surface area contributed by atoms with E-state index >= 15 is 9.59 Å². The molecule has 1 saturated heterocycles. The van der Waals surface area contributed by atoms with E-state index in [1.54, 1.807) is 109 Å². The van der Waals surface area contributed by atoms with Crippen molar-refractivity contribution in [1.82, 2.24) is 93.4 Å². The van der Waals surface area contributed by atoms with Crippen molar-refractivity contribution in [3.63, 3.8) is 0 Å². The Morgan fingerprint density at radius 1 is 0.531 bits per heavy atom. The van der Waals surface area contributed by atoms with Gasteiger partial charge in [-0.15, -0.1) is 10.2 Å². The number of likely N-dealkylation sites (tertiary alicyclic amines) is 1. The smallest absolute Gasteiger partial charge is 0.245 e. The molecule has 0 unspecified atom stereocenters. The summed E-state index contributed by atoms with van der Waals surface area (Å²) in [5.41, 5.74) is 26.9. The maximum atomic E-state index is 15.5. The minimum absolute atomic E-state index is 0.00526. The molecule has 23 N–H and O–H groups in total. The minimum atomic E-state index is -1.86. The third-order valence-corrected chi connectivity index (χ3v) is 18.6. The van der Waals surface area contributed by atoms with Crippen LogP contribution < -0.4 is 86.7 Å². The highest BCUT2D eigenvalue weighted by molar-refractivity contribution is 6.30. The first-order valence-electron chi connectivity index (χ1n) is 37.2. The standard InChI is InChI=1S/C76H101ClN24O12/c1-41(2)33-55(64(105)88-54(12-7-8-31-83-42(3)4)72(113)101-32-10-13-62(101)71(112)84-43(5)63(79)104)89-66(107)58(36-47-18-26-52(27-19-47)86-75-95-73(80)97-99-75)91-68(109)59(37-48-20-28-53(29-21-48)87-76-96-74(81)98-100-76)93-70(111)61(40-102)94-69(110)60(38-49-11-9-30-82-39-49)92-67(108)57(35-45-14-22-50(77)23-15-45)90-65(106)56(85-44(6)103)34-46-16-24-51(78)25-17-46/h9,11,14-30,39,41-43,54-62,83,102H,7-8,10,12-13,31-38,40,78H2,1-6H3,(H2,79,104)(H,84,112)(H,85,103)(H,88,105)(H,89,107)(H,90,106)(H,91,109)(H,92,108)(H,93,111)(H,94,110)(H4,80,86,95,97,99)(H4,81,87,96,98,100)/t43-,54+,55+,56-,57-,58-,59+,60-,61+,62+/m1/s1. The number of aromatic nitrogens is 7. The largest absolute Gasteiger partial charge is 0.399 e. The fraction of sp³-hybridized carbons (Fsp3) is 0.421. The molecule has 4 aromatic carbocycles. The molecule has 604 valence electrons. The lowest BCUT2D eigenvalue weighted by Crippen LogP contribution is -2.62. The van der Waals surface area contributed by atoms with Gasteiger partial charge in [-0.1, -0.05) is 93.9 Å². The molecule has 3 aromatic heterocycles. The van der Waals surface area contributed by atoms with Gasteiger partial charge in [-0.3, -0.25) is 57.7 Å². The molecule has 11 amide bonds. The first-order valence-corrected chi connectivity index (χ1v) is 37.5. The van der Waals surface area contributed by atoms with Crippen LogP contribution in [-0.2, 0) is 84.8 Å². The van der Waals surface area contributed by atoms with E-state index in [-0.39, 0.29) is 93.7 Å². The molecule has 1 fully saturated rings. The number of halogens is 1. The van der Waals surface area contributed by atoms with Crippen LogP contribution in [0.25, 0.3) is 0 Å². The van der Waals surface area contributed by atoms with Gasteiger partial charge in [0.2, 0.25) is 88.8 Å². The Labute approximate surface area is 658 Å². The van der Waals surface area contributed by atoms with E-state index in [1.807, 2.05) is 27.7 Å². The molecule has 7 aromatic rings. The predicted molar refractivity (Wildman–Crippen MR) is 422 cm³/mol. The highest BCUT2D eigenvalue weighted by Gasteiger charge is 2.41. The number of anilines is 7. The van der Waals surface area contributed by atoms with Gasteiger partial charge < -0.3 is 96.7 Å². The van der Waals surface area contributed by atoms with Crippen LogP contribution in [0.15, 0.2) is 122 Å². The number of benzene rings is 4. The molecule has 37 heteroatoms. The van der Waals surface area contributed by atoms with Crippen LogP contribution >= 0.6 is 11.6 Å². The maximum Gasteiger partial charge on any atom is 0.245 e. The number of aromatic amines is 2. The lowest BCUT2D eigenvalue weighted by Gasteiger charge is -2.31. The second-order valence-corrected chi connectivity index (χ2v) is 28.8. The summed E-state index contributed by atoms with van der Waals surface area (Å²) in [4.78, 5) is 172. The quantitative estimate of drug-likeness (QED) is 0.0186. The van der Waals surface area contributed by atoms with Crippen LogP contribution in [0, 0.1) is 5.92 Å². The molecule has 8 rings (SSSR count). The first kappa shape index (κ1) is 86.3. The number of nitrogens with two attached hydrogens (primary N) is 4. The van der Waals surface area contributed by atoms with E-state index in [4.69, 9.17) is 34.5 Å². The number of aliphatic hydroxyl groups excluding tert-OH is 1. The third-order valence-electron chi connectivity index (χ3n) is 18.3. The number of aliphatic hydroxyl groups is 1. The average molecular weight is 1580 g/mol. The van der Waals surface area contributed by atoms with Gasteiger partial charge in [0.25, 0.3) is 0 Å². The number of nitrogen functional groups attached to an aromatic ring is 3. The van der Waals surface area contributed by atoms with Crippen molar-refractivity contribution in [1.29, 1.82) is 0 Å². The summed E-state index contributed by atoms with van der Waals surface area (Å²) in [6.07, 6.45) is 3.89. The molecule has 36 nitrogen and oxygen atoms in total. The van der Waals surface area contributed by atoms with E-state index in [1.165, 1.54) is 31.1 Å². The predicted octanol–water partition coefficient (Wildman–Crippen LogP) is 0.804. The third kappa shape index (κ3) is 27.6. The van der Waals surface area contributed by atoms with E-state index < -0.39 is 132 Å². The molecule has 0 spiro atoms. The van der Waals surface area contributed by atoms with Crippen molar-refractivity contribution in [2.45, 2.75) is 179 Å². The summed E-state index contributed by atoms with van der Waals surface area (Å²) in [6, 6.07) is 15.8. The van der Waals surface area contributed by atoms with Crippen LogP contribution in [0.4, 0.5) is 40.9 Å². The van der Waals surface area contributed by atoms with E-state index in [2.05, 4.69) is 99.1 Å². The van der Waals surface area contributed by atoms with Crippen molar-refractivity contribution in [2.24, 2.45) is 11.7 Å². The molecule has 10 atom stereocenters. The Bertz CT molecular complexity index is 4360. The fourth-order valence-corrected chi connectivity index (χ4v) is 12.6. The summed E-state index contributed by atoms with van der Waals surface area (Å²) in [5.74, 6) is -8.70. The number of rotatable bonds is 42. The van der Waals surface area contributed by atoms with Crippen molar-refractivity contribution < 1.29 is 57.8 Å². The second kappa shape index (κ2) is 42.2. The van der Waals surface area contributed by atoms with Gasteiger partial charge in [-0.2, -0.15) is 9.97 Å². The van der Waals surface area contributed by atoms with Crippen LogP contribution in [0.5, 0.6) is 0 Å². The average Bonchev–Trinajstić information content (AvgIpc) is 1.68. The molecule has 4 heterocycles. The van der Waals surface area contributed by atoms with Gasteiger partial charge in [0.05, 0.1) is 6.61 Å². The molecule has 1 aliphatic heterocycles. The number of pyridine rings is 1. The Morgan fingerprint density at radius 2 is 0.956 bits per heavy atom. The molecular weight excluding hydrogens is 1480 g/mol. The number of amides is 11. The zero-order valence-electron chi connectivity index (χ0n) is 63.7. The summed E-state index contributed by atoms with van der Waals surface area (Å²) in [7, 11) is 0. The number of hydrogen-bond donors (Lipinski definition) is 19. The topological polar surface area (TPSA) is 556 Å². The molecule has 1 aliphatic rings. The zero-order chi connectivity index (χ0) is 81.8. The zero-order valence-corrected chi connectivity index (χ0v) is 64.4. The van der Waals surface area contributed by atoms with Crippen LogP contribution in [0.2, 0.25) is 5.02 Å². The van der Waals surface area contributed by atoms with Gasteiger partial charge in [-0.05, 0) is 140 Å². The summed E-state index contributed by atoms with van der Waals surface area (Å²) in [6.45, 7) is 9.97. The van der Waals surface area contributed by atoms with Gasteiger partial charge in [0.1, 0.15) is 60.4 Å². The number of carbonyl (C=O) groups is 11. The van der Waals surface area contributed by atoms with E-state index in [9.17, 15) is 48.3 Å². The fourth-order valence-electron chi connectivity index (χ4n) is 12.5. The highest BCUT2D eigenvalue weighted by Crippen LogP contribution is 2.23. The molecule has 0 radical (unpaired) electrons. The SMILES string of the molecule is CC(=O)N[C@H](Cc1ccc(N)cc1)C(=O)N[C@H](Cc1ccc(Cl)cc1)C(=O)N[C@H](Cc1cccnc1)C(=O)N[C@@H](CO)C(=O)N[C@@H](Cc1ccc(Nc2nc(N)n[nH]2)cc1)C(=O)N[C@H](Cc1ccc(Nc2nc(N)n[nH]2)cc1)C(=O)N[C@@H](CC(C)C)C(=O)N[C@@H](CCCCNC(C)C)C(=O)N1CCC[C@H]1C(=O)N[C@H](C)C(N)=O. The molecule has 0 bridgehead atoms. The van der Waals surface area contributed by atoms with E-state index in [0.717, 1.165) is 0 Å². The molecule has 0 aliphatic carbocycles. The van der Waals surface area contributed by atoms with Crippen molar-refractivity contribution in [3.8, 4) is 0 Å². The Kier molecular flexibility index (Phi) is 32.2. The molecule has 113 heavy (non-hydrogen) atoms. The van der Waals surface area contributed by atoms with Crippen LogP contribution in [0.1, 0.15) is 108 Å². The Hall–Kier alpha value is -12.3. The normalized spacial score (nSPS) is 15.0. The molecular formula is C76H101ClN24O12. The lowest BCUT2D eigenvalue weighted by molar-refractivity contribution is -0.142.